The van der Waals surface area contributed by atoms with Crippen molar-refractivity contribution in [2.24, 2.45) is 0 Å². The minimum absolute atomic E-state index is 0.0599. The first kappa shape index (κ1) is 13.6. The Balaban J connectivity index is 1.63. The molecule has 1 fully saturated rings. The Kier molecular flexibility index (Phi) is 3.55. The van der Waals surface area contributed by atoms with Crippen LogP contribution in [-0.4, -0.2) is 37.5 Å². The van der Waals surface area contributed by atoms with E-state index in [2.05, 4.69) is 5.32 Å². The summed E-state index contributed by atoms with van der Waals surface area (Å²) in [4.78, 5) is 12.0. The molecule has 1 N–H and O–H groups in total. The molecule has 1 aromatic rings. The SMILES string of the molecule is O=C(CN1CCCS1(=O)=O)NC1CCCc2occc21. The molecule has 1 aromatic heterocycles. The van der Waals surface area contributed by atoms with E-state index in [-0.39, 0.29) is 24.2 Å². The van der Waals surface area contributed by atoms with Gasteiger partial charge in [0.15, 0.2) is 0 Å². The Morgan fingerprint density at radius 1 is 1.45 bits per heavy atom. The molecule has 0 spiro atoms. The van der Waals surface area contributed by atoms with Crippen molar-refractivity contribution >= 4 is 15.9 Å². The third kappa shape index (κ3) is 2.60. The summed E-state index contributed by atoms with van der Waals surface area (Å²) in [5.41, 5.74) is 1.02. The molecule has 2 aliphatic rings. The van der Waals surface area contributed by atoms with Crippen molar-refractivity contribution in [3.8, 4) is 0 Å². The van der Waals surface area contributed by atoms with E-state index in [0.29, 0.717) is 13.0 Å². The molecule has 3 rings (SSSR count). The van der Waals surface area contributed by atoms with Crippen LogP contribution in [0.3, 0.4) is 0 Å². The molecule has 0 aromatic carbocycles. The zero-order chi connectivity index (χ0) is 14.2. The van der Waals surface area contributed by atoms with E-state index < -0.39 is 10.0 Å². The highest BCUT2D eigenvalue weighted by Gasteiger charge is 2.31. The van der Waals surface area contributed by atoms with Gasteiger partial charge in [-0.05, 0) is 25.3 Å². The van der Waals surface area contributed by atoms with Crippen LogP contribution in [0.4, 0.5) is 0 Å². The van der Waals surface area contributed by atoms with Crippen LogP contribution in [0.5, 0.6) is 0 Å². The number of nitrogens with one attached hydrogen (secondary N) is 1. The van der Waals surface area contributed by atoms with Crippen LogP contribution in [-0.2, 0) is 21.2 Å². The maximum atomic E-state index is 12.0. The summed E-state index contributed by atoms with van der Waals surface area (Å²) in [5, 5.41) is 2.92. The first-order valence-electron chi connectivity index (χ1n) is 6.90. The highest BCUT2D eigenvalue weighted by molar-refractivity contribution is 7.89. The predicted molar refractivity (Wildman–Crippen MR) is 72.5 cm³/mol. The maximum absolute atomic E-state index is 12.0. The lowest BCUT2D eigenvalue weighted by Crippen LogP contribution is -2.40. The van der Waals surface area contributed by atoms with Gasteiger partial charge >= 0.3 is 0 Å². The smallest absolute Gasteiger partial charge is 0.235 e. The zero-order valence-electron chi connectivity index (χ0n) is 11.2. The van der Waals surface area contributed by atoms with Crippen LogP contribution in [0.15, 0.2) is 16.7 Å². The van der Waals surface area contributed by atoms with Gasteiger partial charge in [0.1, 0.15) is 5.76 Å². The minimum Gasteiger partial charge on any atom is -0.469 e. The molecule has 1 atom stereocenters. The van der Waals surface area contributed by atoms with Crippen LogP contribution in [0, 0.1) is 0 Å². The fraction of sp³-hybridized carbons (Fsp3) is 0.615. The fourth-order valence-corrected chi connectivity index (χ4v) is 4.38. The van der Waals surface area contributed by atoms with Crippen molar-refractivity contribution in [3.05, 3.63) is 23.7 Å². The average Bonchev–Trinajstić information content (AvgIpc) is 2.97. The Morgan fingerprint density at radius 3 is 3.05 bits per heavy atom. The van der Waals surface area contributed by atoms with Gasteiger partial charge in [0.2, 0.25) is 15.9 Å². The predicted octanol–water partition coefficient (Wildman–Crippen LogP) is 0.809. The van der Waals surface area contributed by atoms with Crippen molar-refractivity contribution in [3.63, 3.8) is 0 Å². The second kappa shape index (κ2) is 5.21. The summed E-state index contributed by atoms with van der Waals surface area (Å²) >= 11 is 0. The molecule has 0 saturated carbocycles. The number of fused-ring (bicyclic) bond motifs is 1. The van der Waals surface area contributed by atoms with Gasteiger partial charge in [-0.3, -0.25) is 4.79 Å². The monoisotopic (exact) mass is 298 g/mol. The molecule has 1 amide bonds. The Bertz CT molecular complexity index is 608. The molecule has 1 saturated heterocycles. The van der Waals surface area contributed by atoms with E-state index in [4.69, 9.17) is 4.42 Å². The van der Waals surface area contributed by atoms with Gasteiger partial charge < -0.3 is 9.73 Å². The lowest BCUT2D eigenvalue weighted by Gasteiger charge is -2.23. The molecule has 6 nitrogen and oxygen atoms in total. The van der Waals surface area contributed by atoms with Gasteiger partial charge in [-0.25, -0.2) is 8.42 Å². The van der Waals surface area contributed by atoms with Crippen molar-refractivity contribution < 1.29 is 17.6 Å². The number of nitrogens with zero attached hydrogens (tertiary/aromatic N) is 1. The molecule has 2 heterocycles. The van der Waals surface area contributed by atoms with Crippen molar-refractivity contribution in [2.45, 2.75) is 31.7 Å². The van der Waals surface area contributed by atoms with E-state index in [9.17, 15) is 13.2 Å². The summed E-state index contributed by atoms with van der Waals surface area (Å²) < 4.78 is 30.0. The van der Waals surface area contributed by atoms with Crippen LogP contribution in [0.25, 0.3) is 0 Å². The van der Waals surface area contributed by atoms with Crippen molar-refractivity contribution in [1.82, 2.24) is 9.62 Å². The Labute approximate surface area is 118 Å². The summed E-state index contributed by atoms with van der Waals surface area (Å²) in [6.45, 7) is 0.364. The number of aryl methyl sites for hydroxylation is 1. The molecule has 110 valence electrons. The Morgan fingerprint density at radius 2 is 2.30 bits per heavy atom. The molecule has 0 radical (unpaired) electrons. The number of furan rings is 1. The van der Waals surface area contributed by atoms with E-state index in [1.165, 1.54) is 4.31 Å². The molecule has 20 heavy (non-hydrogen) atoms. The molecule has 0 bridgehead atoms. The Hall–Kier alpha value is -1.34. The highest BCUT2D eigenvalue weighted by atomic mass is 32.2. The van der Waals surface area contributed by atoms with Crippen molar-refractivity contribution in [1.29, 1.82) is 0 Å². The number of hydrogen-bond donors (Lipinski definition) is 1. The van der Waals surface area contributed by atoms with Crippen LogP contribution in [0.1, 0.15) is 36.6 Å². The standard InChI is InChI=1S/C13H18N2O4S/c16-13(9-15-6-2-8-20(15,17)18)14-11-3-1-4-12-10(11)5-7-19-12/h5,7,11H,1-4,6,8-9H2,(H,14,16). The van der Waals surface area contributed by atoms with Gasteiger partial charge in [-0.1, -0.05) is 0 Å². The third-order valence-electron chi connectivity index (χ3n) is 3.91. The summed E-state index contributed by atoms with van der Waals surface area (Å²) in [5.74, 6) is 0.833. The zero-order valence-corrected chi connectivity index (χ0v) is 12.0. The average molecular weight is 298 g/mol. The van der Waals surface area contributed by atoms with Gasteiger partial charge in [-0.2, -0.15) is 4.31 Å². The molecule has 1 aliphatic carbocycles. The first-order valence-corrected chi connectivity index (χ1v) is 8.50. The minimum atomic E-state index is -3.22. The number of carbonyl (C=O) groups is 1. The van der Waals surface area contributed by atoms with Crippen LogP contribution in [0.2, 0.25) is 0 Å². The molecular weight excluding hydrogens is 280 g/mol. The largest absolute Gasteiger partial charge is 0.469 e. The topological polar surface area (TPSA) is 79.6 Å². The summed E-state index contributed by atoms with van der Waals surface area (Å²) in [6, 6.07) is 1.82. The van der Waals surface area contributed by atoms with Gasteiger partial charge in [0.05, 0.1) is 24.6 Å². The van der Waals surface area contributed by atoms with E-state index in [1.807, 2.05) is 6.07 Å². The second-order valence-electron chi connectivity index (χ2n) is 5.31. The normalized spacial score (nSPS) is 25.3. The number of carbonyl (C=O) groups excluding carboxylic acids is 1. The van der Waals surface area contributed by atoms with E-state index >= 15 is 0 Å². The lowest BCUT2D eigenvalue weighted by molar-refractivity contribution is -0.122. The third-order valence-corrected chi connectivity index (χ3v) is 5.81. The number of sulfonamides is 1. The van der Waals surface area contributed by atoms with Gasteiger partial charge in [0, 0.05) is 18.5 Å². The first-order chi connectivity index (χ1) is 9.56. The second-order valence-corrected chi connectivity index (χ2v) is 7.40. The highest BCUT2D eigenvalue weighted by Crippen LogP contribution is 2.30. The lowest BCUT2D eigenvalue weighted by atomic mass is 9.93. The molecule has 1 aliphatic heterocycles. The van der Waals surface area contributed by atoms with E-state index in [0.717, 1.165) is 30.6 Å². The van der Waals surface area contributed by atoms with Gasteiger partial charge in [-0.15, -0.1) is 0 Å². The summed E-state index contributed by atoms with van der Waals surface area (Å²) in [7, 11) is -3.22. The molecule has 7 heteroatoms. The quantitative estimate of drug-likeness (QED) is 0.895. The fourth-order valence-electron chi connectivity index (χ4n) is 2.91. The van der Waals surface area contributed by atoms with Crippen LogP contribution >= 0.6 is 0 Å². The number of hydrogen-bond acceptors (Lipinski definition) is 4. The van der Waals surface area contributed by atoms with Gasteiger partial charge in [0.25, 0.3) is 0 Å². The maximum Gasteiger partial charge on any atom is 0.235 e. The van der Waals surface area contributed by atoms with E-state index in [1.54, 1.807) is 6.26 Å². The molecular formula is C13H18N2O4S. The van der Waals surface area contributed by atoms with Crippen molar-refractivity contribution in [2.75, 3.05) is 18.8 Å². The number of amides is 1. The molecule has 1 unspecified atom stereocenters. The van der Waals surface area contributed by atoms with Crippen LogP contribution < -0.4 is 5.32 Å². The summed E-state index contributed by atoms with van der Waals surface area (Å²) in [6.07, 6.45) is 4.97. The number of rotatable bonds is 3.